The van der Waals surface area contributed by atoms with Gasteiger partial charge in [-0.25, -0.2) is 19.6 Å². The fourth-order valence-electron chi connectivity index (χ4n) is 9.02. The predicted molar refractivity (Wildman–Crippen MR) is 406 cm³/mol. The predicted octanol–water partition coefficient (Wildman–Crippen LogP) is 18.8. The van der Waals surface area contributed by atoms with Gasteiger partial charge < -0.3 is 49.7 Å². The van der Waals surface area contributed by atoms with E-state index in [4.69, 9.17) is 30.8 Å². The van der Waals surface area contributed by atoms with E-state index in [1.807, 2.05) is 73.1 Å². The largest absolute Gasteiger partial charge is 2.00 e. The topological polar surface area (TPSA) is 13.0 Å². The zero-order valence-electron chi connectivity index (χ0n) is 57.8. The normalized spacial score (nSPS) is 15.9. The molecule has 0 amide bonds. The smallest absolute Gasteiger partial charge is 2.00 e. The zero-order chi connectivity index (χ0) is 62.6. The second kappa shape index (κ2) is 39.6. The summed E-state index contributed by atoms with van der Waals surface area (Å²) in [5, 5.41) is 1.42. The van der Waals surface area contributed by atoms with Crippen molar-refractivity contribution in [2.24, 2.45) is 0 Å². The molecule has 0 aliphatic carbocycles. The van der Waals surface area contributed by atoms with Gasteiger partial charge in [0.15, 0.2) is 0 Å². The summed E-state index contributed by atoms with van der Waals surface area (Å²) in [6.07, 6.45) is 43.9. The molecule has 0 saturated carbocycles. The maximum absolute atomic E-state index is 6.51. The van der Waals surface area contributed by atoms with Crippen molar-refractivity contribution in [2.45, 2.75) is 189 Å². The Morgan fingerprint density at radius 1 is 0.600 bits per heavy atom. The van der Waals surface area contributed by atoms with Crippen LogP contribution in [0.3, 0.4) is 0 Å². The minimum absolute atomic E-state index is 0. The summed E-state index contributed by atoms with van der Waals surface area (Å²) in [5.41, 5.74) is 6.57. The molecule has 0 N–H and O–H groups in total. The first-order valence-corrected chi connectivity index (χ1v) is 46.8. The molecule has 7 rings (SSSR count). The van der Waals surface area contributed by atoms with Crippen LogP contribution in [0.4, 0.5) is 0 Å². The molecule has 0 bridgehead atoms. The first-order chi connectivity index (χ1) is 37.3. The van der Waals surface area contributed by atoms with E-state index in [9.17, 15) is 0 Å². The molecule has 1 aromatic carbocycles. The van der Waals surface area contributed by atoms with Crippen LogP contribution in [0.5, 0.6) is 0 Å². The third kappa shape index (κ3) is 25.2. The third-order valence-electron chi connectivity index (χ3n) is 17.9. The van der Waals surface area contributed by atoms with Crippen LogP contribution in [0.15, 0.2) is 200 Å². The first kappa shape index (κ1) is 89.8. The van der Waals surface area contributed by atoms with Crippen molar-refractivity contribution < 1.29 is 30.5 Å². The average Bonchev–Trinajstić information content (AvgIpc) is 4.25. The van der Waals surface area contributed by atoms with E-state index in [-0.39, 0.29) is 66.2 Å². The van der Waals surface area contributed by atoms with Gasteiger partial charge in [-0.1, -0.05) is 246 Å². The van der Waals surface area contributed by atoms with E-state index in [1.54, 1.807) is 5.47 Å². The Labute approximate surface area is 577 Å². The zero-order valence-corrected chi connectivity index (χ0v) is 68.8. The minimum Gasteiger partial charge on any atom is 2.00 e. The van der Waals surface area contributed by atoms with Crippen LogP contribution in [-0.2, 0) is 13.5 Å². The Morgan fingerprint density at radius 3 is 1.46 bits per heavy atom. The summed E-state index contributed by atoms with van der Waals surface area (Å²) in [6.45, 7) is 71.5. The standard InChI is InChI=1S/C15H26BNSi.2C13H22BNSi.C12H21BClNSi.C7H6.C3H5.C2H6.2CH3.BrH.2ClH.Mg.Ru/c1-8-12-16-14(9-2)11-10-13-17(16)18(6,7)15(3,4)5;2*1-13(2,3)16(4,5)15-11-7-9-12-8-6-10-14(12)15;1-7-11-9-8-10-15(13(11)14)16(5,6)12(2,3)4;1-7-5-3-2-4-6-7;1-3-2;1-2;;;;;;;/h8-11,13H,1-2,12H2,3-7H3;6-7,9-11H,8H2,1-5H3;6-9,11H,10H2,1-5H3;7-10H,1H2,2-6H3;1-6H;3H,1-2H2;1-2H3;2*1H3;3*1H;;/q;;;;;-1;;2*-1;;;;2*+2/p-3. The molecule has 0 spiro atoms. The minimum atomic E-state index is -1.61. The van der Waals surface area contributed by atoms with Crippen molar-refractivity contribution in [3.05, 3.63) is 228 Å². The van der Waals surface area contributed by atoms with Gasteiger partial charge in [0.2, 0.25) is 0 Å². The fourth-order valence-corrected chi connectivity index (χ4v) is 20.5. The second-order valence-electron chi connectivity index (χ2n) is 27.0. The summed E-state index contributed by atoms with van der Waals surface area (Å²) < 4.78 is 12.2. The fraction of sp³-hybridized carbons (Fsp3) is 0.433. The van der Waals surface area contributed by atoms with Crippen LogP contribution < -0.4 is 17.0 Å². The Balaban J connectivity index is -0.000000471. The Bertz CT molecular complexity index is 2570. The molecule has 6 aliphatic heterocycles. The molecule has 85 heavy (non-hydrogen) atoms. The second-order valence-corrected chi connectivity index (χ2v) is 53.7. The monoisotopic (exact) mass is 1440 g/mol. The van der Waals surface area contributed by atoms with Gasteiger partial charge in [-0.2, -0.15) is 11.5 Å². The molecular formula is C67H114B4BrCl3MgN4RuSi4-2. The van der Waals surface area contributed by atoms with E-state index in [2.05, 4.69) is 278 Å². The molecule has 0 radical (unpaired) electrons. The molecule has 6 heterocycles. The van der Waals surface area contributed by atoms with Crippen LogP contribution in [0.1, 0.15) is 109 Å². The van der Waals surface area contributed by atoms with Crippen LogP contribution in [0.2, 0.25) is 85.2 Å². The van der Waals surface area contributed by atoms with Crippen molar-refractivity contribution in [1.29, 1.82) is 0 Å². The van der Waals surface area contributed by atoms with Gasteiger partial charge in [0.1, 0.15) is 32.9 Å². The van der Waals surface area contributed by atoms with Crippen molar-refractivity contribution in [2.75, 3.05) is 0 Å². The number of allylic oxidation sites excluding steroid dienone is 19. The number of rotatable bonds is 9. The van der Waals surface area contributed by atoms with E-state index < -0.39 is 46.5 Å². The Hall–Kier alpha value is -1.61. The molecule has 0 aromatic heterocycles. The number of fused-ring (bicyclic) bond motifs is 2. The molecule has 18 heteroatoms. The van der Waals surface area contributed by atoms with Crippen LogP contribution in [0, 0.1) is 21.8 Å². The van der Waals surface area contributed by atoms with Gasteiger partial charge >= 0.3 is 110 Å². The van der Waals surface area contributed by atoms with Gasteiger partial charge in [0.05, 0.1) is 0 Å². The summed E-state index contributed by atoms with van der Waals surface area (Å²) in [6, 6.07) is 9.89. The number of hydrogen-bond acceptors (Lipinski definition) is 4. The van der Waals surface area contributed by atoms with Gasteiger partial charge in [0, 0.05) is 0 Å². The molecule has 6 aliphatic rings. The summed E-state index contributed by atoms with van der Waals surface area (Å²) in [4.78, 5) is 0. The molecule has 0 atom stereocenters. The van der Waals surface area contributed by atoms with Gasteiger partial charge in [0.25, 0.3) is 13.7 Å². The van der Waals surface area contributed by atoms with E-state index in [0.717, 1.165) is 23.8 Å². The molecular weight excluding hydrogens is 1330 g/mol. The number of nitrogens with zero attached hydrogens (tertiary/aromatic N) is 4. The van der Waals surface area contributed by atoms with Gasteiger partial charge in [-0.3, -0.25) is 0 Å². The van der Waals surface area contributed by atoms with Crippen molar-refractivity contribution in [3.63, 3.8) is 0 Å². The van der Waals surface area contributed by atoms with E-state index in [1.165, 1.54) is 23.3 Å². The van der Waals surface area contributed by atoms with Crippen LogP contribution >= 0.6 is 30.8 Å². The number of benzene rings is 1. The van der Waals surface area contributed by atoms with E-state index >= 15 is 0 Å². The number of halogens is 4. The summed E-state index contributed by atoms with van der Waals surface area (Å²) in [7, 11) is 5.32. The average molecular weight is 1440 g/mol. The maximum Gasteiger partial charge on any atom is 2.00 e. The Morgan fingerprint density at radius 2 is 1.00 bits per heavy atom. The van der Waals surface area contributed by atoms with Crippen LogP contribution in [-0.4, -0.2) is 105 Å². The third-order valence-corrected chi connectivity index (χ3v) is 42.0. The van der Waals surface area contributed by atoms with Crippen LogP contribution in [0.25, 0.3) is 0 Å². The molecule has 0 fully saturated rings. The van der Waals surface area contributed by atoms with Gasteiger partial charge in [-0.05, 0) is 93.8 Å². The Kier molecular flexibility index (Phi) is 41.8. The van der Waals surface area contributed by atoms with Gasteiger partial charge in [-0.15, -0.1) is 6.58 Å². The quantitative estimate of drug-likeness (QED) is 0.139. The molecule has 1 aromatic rings. The summed E-state index contributed by atoms with van der Waals surface area (Å²) in [5.74, 6) is 2.37. The number of hydrogen-bond donors (Lipinski definition) is 0. The van der Waals surface area contributed by atoms with Crippen molar-refractivity contribution >= 4 is 118 Å². The molecule has 4 nitrogen and oxygen atoms in total. The SMILES string of the molecule is C=CC1=CC=CN([Si](C)(C)C(C)(C)C)B1Cl.C=CCB1C(C=C)=CC=CN1[Si](C)(C)C(C)(C)C.C=C[CH2-].CC.CC(C)(C)[Si](C)(C)N1C=CC=C2C=CCB21.CC(C)(C)[Si](C)(C)N1C=CC=C2CC=CB21.[Br-].[CH3-].[CH3-].[Cl][Ru]([Cl])=[CH]c1ccccc1.[Mg+2]. The van der Waals surface area contributed by atoms with E-state index in [0.29, 0.717) is 35.7 Å². The molecule has 470 valence electrons. The van der Waals surface area contributed by atoms with Crippen molar-refractivity contribution in [3.8, 4) is 0 Å². The van der Waals surface area contributed by atoms with Crippen molar-refractivity contribution in [1.82, 2.24) is 17.9 Å². The molecule has 0 saturated heterocycles. The first-order valence-electron chi connectivity index (χ1n) is 29.1. The maximum atomic E-state index is 6.51. The molecule has 0 unspecified atom stereocenters. The summed E-state index contributed by atoms with van der Waals surface area (Å²) >= 11 is 4.89.